The van der Waals surface area contributed by atoms with Gasteiger partial charge in [0.2, 0.25) is 5.91 Å². The maximum absolute atomic E-state index is 13.3. The highest BCUT2D eigenvalue weighted by Crippen LogP contribution is 2.49. The lowest BCUT2D eigenvalue weighted by molar-refractivity contribution is -0.149. The largest absolute Gasteiger partial charge is 0.481 e. The van der Waals surface area contributed by atoms with Gasteiger partial charge in [-0.05, 0) is 49.8 Å². The number of carboxylic acid groups (broad SMARTS) is 1. The van der Waals surface area contributed by atoms with Crippen LogP contribution in [0.4, 0.5) is 8.78 Å². The molecule has 0 bridgehead atoms. The molecule has 1 saturated carbocycles. The summed E-state index contributed by atoms with van der Waals surface area (Å²) in [5.74, 6) is -3.64. The molecular weight excluding hydrogens is 304 g/mol. The number of carbonyl (C=O) groups excluding carboxylic acids is 1. The summed E-state index contributed by atoms with van der Waals surface area (Å²) in [6, 6.07) is 3.40. The van der Waals surface area contributed by atoms with Gasteiger partial charge in [0.15, 0.2) is 11.6 Å². The predicted octanol–water partition coefficient (Wildman–Crippen LogP) is 2.78. The average Bonchev–Trinajstić information content (AvgIpc) is 3.30. The standard InChI is InChI=1S/C17H19F2NO3/c1-9-11(17(22)23)3-2-6-20(9)16(21)13-8-12(13)10-4-5-14(18)15(19)7-10/h4-5,7,9,11-13H,2-3,6,8H2,1H3,(H,22,23)/t9-,11-,12?,13?/m1/s1. The van der Waals surface area contributed by atoms with Gasteiger partial charge in [-0.1, -0.05) is 6.07 Å². The topological polar surface area (TPSA) is 57.6 Å². The Kier molecular flexibility index (Phi) is 4.08. The van der Waals surface area contributed by atoms with Gasteiger partial charge in [-0.25, -0.2) is 8.78 Å². The molecule has 4 atom stereocenters. The summed E-state index contributed by atoms with van der Waals surface area (Å²) < 4.78 is 26.3. The molecule has 23 heavy (non-hydrogen) atoms. The van der Waals surface area contributed by atoms with E-state index in [0.717, 1.165) is 12.1 Å². The van der Waals surface area contributed by atoms with Crippen molar-refractivity contribution < 1.29 is 23.5 Å². The Hall–Kier alpha value is -1.98. The van der Waals surface area contributed by atoms with Gasteiger partial charge in [0.05, 0.1) is 5.92 Å². The first-order chi connectivity index (χ1) is 10.9. The summed E-state index contributed by atoms with van der Waals surface area (Å²) in [6.07, 6.45) is 1.86. The van der Waals surface area contributed by atoms with E-state index in [1.54, 1.807) is 11.8 Å². The summed E-state index contributed by atoms with van der Waals surface area (Å²) in [5.41, 5.74) is 0.627. The normalized spacial score (nSPS) is 30.1. The van der Waals surface area contributed by atoms with Crippen LogP contribution in [0, 0.1) is 23.5 Å². The minimum absolute atomic E-state index is 0.0711. The molecule has 0 radical (unpaired) electrons. The van der Waals surface area contributed by atoms with E-state index in [2.05, 4.69) is 0 Å². The molecule has 1 amide bonds. The van der Waals surface area contributed by atoms with Crippen LogP contribution in [0.15, 0.2) is 18.2 Å². The molecule has 1 saturated heterocycles. The van der Waals surface area contributed by atoms with Crippen molar-refractivity contribution >= 4 is 11.9 Å². The van der Waals surface area contributed by atoms with Crippen LogP contribution in [-0.2, 0) is 9.59 Å². The number of hydrogen-bond acceptors (Lipinski definition) is 2. The number of benzene rings is 1. The van der Waals surface area contributed by atoms with Crippen LogP contribution in [0.5, 0.6) is 0 Å². The third-order valence-corrected chi connectivity index (χ3v) is 5.07. The Morgan fingerprint density at radius 3 is 2.61 bits per heavy atom. The number of carbonyl (C=O) groups is 2. The summed E-state index contributed by atoms with van der Waals surface area (Å²) in [5, 5.41) is 9.23. The lowest BCUT2D eigenvalue weighted by atomic mass is 9.90. The van der Waals surface area contributed by atoms with Crippen LogP contribution in [-0.4, -0.2) is 34.5 Å². The zero-order valence-electron chi connectivity index (χ0n) is 12.8. The van der Waals surface area contributed by atoms with Crippen LogP contribution in [0.2, 0.25) is 0 Å². The van der Waals surface area contributed by atoms with Crippen molar-refractivity contribution in [3.63, 3.8) is 0 Å². The van der Waals surface area contributed by atoms with E-state index in [-0.39, 0.29) is 23.8 Å². The van der Waals surface area contributed by atoms with Gasteiger partial charge in [0, 0.05) is 18.5 Å². The number of aliphatic carboxylic acids is 1. The molecule has 124 valence electrons. The van der Waals surface area contributed by atoms with Gasteiger partial charge in [-0.3, -0.25) is 9.59 Å². The van der Waals surface area contributed by atoms with E-state index < -0.39 is 23.5 Å². The van der Waals surface area contributed by atoms with Crippen molar-refractivity contribution in [3.05, 3.63) is 35.4 Å². The van der Waals surface area contributed by atoms with Crippen molar-refractivity contribution in [1.82, 2.24) is 4.90 Å². The smallest absolute Gasteiger partial charge is 0.308 e. The molecule has 2 aliphatic rings. The highest BCUT2D eigenvalue weighted by molar-refractivity contribution is 5.84. The van der Waals surface area contributed by atoms with Gasteiger partial charge >= 0.3 is 5.97 Å². The Bertz CT molecular complexity index is 649. The molecule has 1 aromatic carbocycles. The molecule has 2 fully saturated rings. The number of amides is 1. The molecule has 1 aromatic rings. The van der Waals surface area contributed by atoms with Crippen molar-refractivity contribution in [2.45, 2.75) is 38.1 Å². The lowest BCUT2D eigenvalue weighted by Gasteiger charge is -2.37. The average molecular weight is 323 g/mol. The SMILES string of the molecule is C[C@@H]1[C@H](C(=O)O)CCCN1C(=O)C1CC1c1ccc(F)c(F)c1. The minimum atomic E-state index is -0.905. The van der Waals surface area contributed by atoms with Crippen LogP contribution in [0.1, 0.15) is 37.7 Å². The van der Waals surface area contributed by atoms with Gasteiger partial charge in [-0.15, -0.1) is 0 Å². The zero-order valence-corrected chi connectivity index (χ0v) is 12.8. The van der Waals surface area contributed by atoms with Crippen LogP contribution < -0.4 is 0 Å². The first-order valence-electron chi connectivity index (χ1n) is 7.88. The molecule has 4 nitrogen and oxygen atoms in total. The second-order valence-electron chi connectivity index (χ2n) is 6.48. The molecule has 1 aliphatic heterocycles. The fourth-order valence-electron chi connectivity index (χ4n) is 3.58. The zero-order chi connectivity index (χ0) is 16.7. The third kappa shape index (κ3) is 2.94. The number of carboxylic acids is 1. The fourth-order valence-corrected chi connectivity index (χ4v) is 3.58. The van der Waals surface area contributed by atoms with Crippen molar-refractivity contribution in [1.29, 1.82) is 0 Å². The molecule has 2 unspecified atom stereocenters. The van der Waals surface area contributed by atoms with E-state index >= 15 is 0 Å². The van der Waals surface area contributed by atoms with Crippen LogP contribution in [0.3, 0.4) is 0 Å². The minimum Gasteiger partial charge on any atom is -0.481 e. The van der Waals surface area contributed by atoms with E-state index in [0.29, 0.717) is 31.4 Å². The van der Waals surface area contributed by atoms with Crippen LogP contribution >= 0.6 is 0 Å². The van der Waals surface area contributed by atoms with Gasteiger partial charge in [0.1, 0.15) is 0 Å². The lowest BCUT2D eigenvalue weighted by Crippen LogP contribution is -2.49. The third-order valence-electron chi connectivity index (χ3n) is 5.07. The highest BCUT2D eigenvalue weighted by atomic mass is 19.2. The Labute approximate surface area is 133 Å². The molecule has 6 heteroatoms. The summed E-state index contributed by atoms with van der Waals surface area (Å²) >= 11 is 0. The molecule has 0 aromatic heterocycles. The van der Waals surface area contributed by atoms with Crippen molar-refractivity contribution in [2.24, 2.45) is 11.8 Å². The molecule has 0 spiro atoms. The second-order valence-corrected chi connectivity index (χ2v) is 6.48. The number of nitrogens with zero attached hydrogens (tertiary/aromatic N) is 1. The second kappa shape index (κ2) is 5.91. The monoisotopic (exact) mass is 323 g/mol. The van der Waals surface area contributed by atoms with Gasteiger partial charge in [0.25, 0.3) is 0 Å². The maximum Gasteiger partial charge on any atom is 0.308 e. The van der Waals surface area contributed by atoms with Gasteiger partial charge in [-0.2, -0.15) is 0 Å². The predicted molar refractivity (Wildman–Crippen MR) is 78.7 cm³/mol. The first kappa shape index (κ1) is 15.9. The fraction of sp³-hybridized carbons (Fsp3) is 0.529. The Morgan fingerprint density at radius 1 is 1.22 bits per heavy atom. The van der Waals surface area contributed by atoms with E-state index in [9.17, 15) is 23.5 Å². The molecule has 1 N–H and O–H groups in total. The Balaban J connectivity index is 1.70. The van der Waals surface area contributed by atoms with Crippen molar-refractivity contribution in [3.8, 4) is 0 Å². The van der Waals surface area contributed by atoms with Crippen LogP contribution in [0.25, 0.3) is 0 Å². The number of likely N-dealkylation sites (tertiary alicyclic amines) is 1. The Morgan fingerprint density at radius 2 is 1.96 bits per heavy atom. The first-order valence-corrected chi connectivity index (χ1v) is 7.88. The summed E-state index contributed by atoms with van der Waals surface area (Å²) in [4.78, 5) is 25.5. The summed E-state index contributed by atoms with van der Waals surface area (Å²) in [7, 11) is 0. The quantitative estimate of drug-likeness (QED) is 0.930. The van der Waals surface area contributed by atoms with Gasteiger partial charge < -0.3 is 10.0 Å². The van der Waals surface area contributed by atoms with E-state index in [4.69, 9.17) is 0 Å². The number of piperidine rings is 1. The molecule has 1 heterocycles. The molecular formula is C17H19F2NO3. The van der Waals surface area contributed by atoms with E-state index in [1.807, 2.05) is 0 Å². The molecule has 1 aliphatic carbocycles. The number of halogens is 2. The maximum atomic E-state index is 13.3. The number of rotatable bonds is 3. The highest BCUT2D eigenvalue weighted by Gasteiger charge is 2.48. The number of hydrogen-bond donors (Lipinski definition) is 1. The molecule has 3 rings (SSSR count). The van der Waals surface area contributed by atoms with Crippen molar-refractivity contribution in [2.75, 3.05) is 6.54 Å². The summed E-state index contributed by atoms with van der Waals surface area (Å²) in [6.45, 7) is 2.33. The van der Waals surface area contributed by atoms with E-state index in [1.165, 1.54) is 6.07 Å².